The van der Waals surface area contributed by atoms with Crippen molar-refractivity contribution < 1.29 is 9.63 Å². The van der Waals surface area contributed by atoms with Crippen LogP contribution in [0.1, 0.15) is 32.6 Å². The zero-order valence-electron chi connectivity index (χ0n) is 15.8. The molecule has 1 atom stereocenters. The van der Waals surface area contributed by atoms with Gasteiger partial charge in [0.05, 0.1) is 6.54 Å². The van der Waals surface area contributed by atoms with Gasteiger partial charge in [-0.25, -0.2) is 0 Å². The van der Waals surface area contributed by atoms with E-state index in [1.165, 1.54) is 6.42 Å². The Bertz CT molecular complexity index is 659. The van der Waals surface area contributed by atoms with E-state index >= 15 is 0 Å². The van der Waals surface area contributed by atoms with Gasteiger partial charge in [0.2, 0.25) is 11.7 Å². The van der Waals surface area contributed by atoms with E-state index < -0.39 is 0 Å². The maximum absolute atomic E-state index is 9.43. The monoisotopic (exact) mass is 358 g/mol. The third-order valence-corrected chi connectivity index (χ3v) is 5.00. The molecule has 6 nitrogen and oxygen atoms in total. The second-order valence-electron chi connectivity index (χ2n) is 7.50. The van der Waals surface area contributed by atoms with Crippen LogP contribution in [0.5, 0.6) is 0 Å². The number of hydrogen-bond acceptors (Lipinski definition) is 6. The number of aliphatic hydroxyl groups excluding tert-OH is 1. The number of piperazine rings is 1. The van der Waals surface area contributed by atoms with Crippen molar-refractivity contribution in [2.75, 3.05) is 32.8 Å². The summed E-state index contributed by atoms with van der Waals surface area (Å²) in [6.07, 6.45) is 2.01. The molecule has 0 unspecified atom stereocenters. The lowest BCUT2D eigenvalue weighted by Gasteiger charge is -2.41. The van der Waals surface area contributed by atoms with Gasteiger partial charge in [0.1, 0.15) is 0 Å². The number of nitrogens with zero attached hydrogens (tertiary/aromatic N) is 4. The number of aliphatic hydroxyl groups is 1. The second kappa shape index (κ2) is 9.26. The van der Waals surface area contributed by atoms with E-state index in [4.69, 9.17) is 4.52 Å². The van der Waals surface area contributed by atoms with Crippen molar-refractivity contribution in [1.82, 2.24) is 19.9 Å². The van der Waals surface area contributed by atoms with Gasteiger partial charge < -0.3 is 9.63 Å². The highest BCUT2D eigenvalue weighted by Crippen LogP contribution is 2.19. The maximum Gasteiger partial charge on any atom is 0.241 e. The van der Waals surface area contributed by atoms with Crippen LogP contribution < -0.4 is 0 Å². The van der Waals surface area contributed by atoms with Crippen LogP contribution in [0.25, 0.3) is 11.4 Å². The fraction of sp³-hybridized carbons (Fsp3) is 0.600. The van der Waals surface area contributed by atoms with E-state index in [9.17, 15) is 5.11 Å². The second-order valence-corrected chi connectivity index (χ2v) is 7.50. The maximum atomic E-state index is 9.43. The van der Waals surface area contributed by atoms with Gasteiger partial charge in [-0.3, -0.25) is 9.80 Å². The molecule has 1 saturated heterocycles. The van der Waals surface area contributed by atoms with Crippen LogP contribution in [0.3, 0.4) is 0 Å². The Labute approximate surface area is 155 Å². The molecule has 26 heavy (non-hydrogen) atoms. The quantitative estimate of drug-likeness (QED) is 0.783. The van der Waals surface area contributed by atoms with Gasteiger partial charge in [-0.05, 0) is 25.3 Å². The van der Waals surface area contributed by atoms with E-state index in [1.807, 2.05) is 30.3 Å². The molecule has 1 aliphatic rings. The van der Waals surface area contributed by atoms with Crippen molar-refractivity contribution in [3.8, 4) is 11.4 Å². The third kappa shape index (κ3) is 5.13. The average Bonchev–Trinajstić information content (AvgIpc) is 3.10. The lowest BCUT2D eigenvalue weighted by atomic mass is 10.1. The molecule has 3 rings (SSSR count). The molecule has 1 N–H and O–H groups in total. The summed E-state index contributed by atoms with van der Waals surface area (Å²) in [5.74, 6) is 2.00. The van der Waals surface area contributed by atoms with Gasteiger partial charge in [0, 0.05) is 37.8 Å². The minimum Gasteiger partial charge on any atom is -0.396 e. The predicted molar refractivity (Wildman–Crippen MR) is 102 cm³/mol. The molecule has 142 valence electrons. The molecule has 6 heteroatoms. The van der Waals surface area contributed by atoms with E-state index in [1.54, 1.807) is 0 Å². The topological polar surface area (TPSA) is 65.6 Å². The van der Waals surface area contributed by atoms with Crippen LogP contribution in [-0.2, 0) is 6.54 Å². The smallest absolute Gasteiger partial charge is 0.241 e. The van der Waals surface area contributed by atoms with Gasteiger partial charge >= 0.3 is 0 Å². The fourth-order valence-corrected chi connectivity index (χ4v) is 3.46. The first-order valence-corrected chi connectivity index (χ1v) is 9.61. The third-order valence-electron chi connectivity index (χ3n) is 5.00. The summed E-state index contributed by atoms with van der Waals surface area (Å²) in [6.45, 7) is 9.47. The van der Waals surface area contributed by atoms with Crippen molar-refractivity contribution in [3.63, 3.8) is 0 Å². The van der Waals surface area contributed by atoms with Crippen molar-refractivity contribution in [2.45, 2.75) is 39.3 Å². The molecule has 0 radical (unpaired) electrons. The fourth-order valence-electron chi connectivity index (χ4n) is 3.46. The molecule has 1 aliphatic heterocycles. The first-order valence-electron chi connectivity index (χ1n) is 9.61. The van der Waals surface area contributed by atoms with Crippen LogP contribution in [-0.4, -0.2) is 63.9 Å². The van der Waals surface area contributed by atoms with Crippen molar-refractivity contribution in [1.29, 1.82) is 0 Å². The molecule has 0 aliphatic carbocycles. The molecule has 2 heterocycles. The Morgan fingerprint density at radius 2 is 2.04 bits per heavy atom. The molecule has 0 bridgehead atoms. The average molecular weight is 358 g/mol. The van der Waals surface area contributed by atoms with Crippen LogP contribution in [0.4, 0.5) is 0 Å². The number of aromatic nitrogens is 2. The predicted octanol–water partition coefficient (Wildman–Crippen LogP) is 2.65. The minimum atomic E-state index is 0.232. The van der Waals surface area contributed by atoms with Crippen molar-refractivity contribution >= 4 is 0 Å². The zero-order valence-corrected chi connectivity index (χ0v) is 15.8. The standard InChI is InChI=1S/C20H30N4O2/c1-16(2)8-10-24-12-11-23(14-18(24)9-13-25)15-19-21-20(22-26-19)17-6-4-3-5-7-17/h3-7,16,18,25H,8-15H2,1-2H3/t18-/m0/s1. The summed E-state index contributed by atoms with van der Waals surface area (Å²) >= 11 is 0. The Kier molecular flexibility index (Phi) is 6.77. The van der Waals surface area contributed by atoms with E-state index in [2.05, 4.69) is 33.8 Å². The molecular formula is C20H30N4O2. The number of rotatable bonds is 8. The Morgan fingerprint density at radius 3 is 2.77 bits per heavy atom. The molecule has 0 amide bonds. The summed E-state index contributed by atoms with van der Waals surface area (Å²) in [7, 11) is 0. The number of benzene rings is 1. The Hall–Kier alpha value is -1.76. The van der Waals surface area contributed by atoms with Gasteiger partial charge in [-0.15, -0.1) is 0 Å². The molecule has 1 aromatic heterocycles. The molecule has 2 aromatic rings. The van der Waals surface area contributed by atoms with E-state index in [0.717, 1.165) is 38.2 Å². The van der Waals surface area contributed by atoms with Crippen molar-refractivity contribution in [2.24, 2.45) is 5.92 Å². The van der Waals surface area contributed by atoms with Crippen LogP contribution in [0, 0.1) is 5.92 Å². The Morgan fingerprint density at radius 1 is 1.23 bits per heavy atom. The van der Waals surface area contributed by atoms with Crippen molar-refractivity contribution in [3.05, 3.63) is 36.2 Å². The molecule has 0 saturated carbocycles. The van der Waals surface area contributed by atoms with Gasteiger partial charge in [-0.2, -0.15) is 4.98 Å². The summed E-state index contributed by atoms with van der Waals surface area (Å²) in [5, 5.41) is 13.5. The summed E-state index contributed by atoms with van der Waals surface area (Å²) in [6, 6.07) is 10.3. The highest BCUT2D eigenvalue weighted by atomic mass is 16.5. The van der Waals surface area contributed by atoms with Gasteiger partial charge in [0.25, 0.3) is 0 Å². The minimum absolute atomic E-state index is 0.232. The van der Waals surface area contributed by atoms with Crippen LogP contribution in [0.15, 0.2) is 34.9 Å². The van der Waals surface area contributed by atoms with E-state index in [-0.39, 0.29) is 6.61 Å². The normalized spacial score (nSPS) is 19.3. The highest BCUT2D eigenvalue weighted by Gasteiger charge is 2.27. The van der Waals surface area contributed by atoms with Crippen LogP contribution in [0.2, 0.25) is 0 Å². The summed E-state index contributed by atoms with van der Waals surface area (Å²) in [4.78, 5) is 9.42. The molecular weight excluding hydrogens is 328 g/mol. The van der Waals surface area contributed by atoms with E-state index in [0.29, 0.717) is 30.2 Å². The number of hydrogen-bond donors (Lipinski definition) is 1. The Balaban J connectivity index is 1.58. The molecule has 1 aromatic carbocycles. The lowest BCUT2D eigenvalue weighted by molar-refractivity contribution is 0.0474. The molecule has 1 fully saturated rings. The van der Waals surface area contributed by atoms with Crippen LogP contribution >= 0.6 is 0 Å². The largest absolute Gasteiger partial charge is 0.396 e. The summed E-state index contributed by atoms with van der Waals surface area (Å²) in [5.41, 5.74) is 0.971. The zero-order chi connectivity index (χ0) is 18.4. The SMILES string of the molecule is CC(C)CCN1CCN(Cc2nc(-c3ccccc3)no2)C[C@@H]1CCO. The molecule has 0 spiro atoms. The summed E-state index contributed by atoms with van der Waals surface area (Å²) < 4.78 is 5.46. The van der Waals surface area contributed by atoms with Gasteiger partial charge in [0.15, 0.2) is 0 Å². The highest BCUT2D eigenvalue weighted by molar-refractivity contribution is 5.53. The lowest BCUT2D eigenvalue weighted by Crippen LogP contribution is -2.53. The van der Waals surface area contributed by atoms with Gasteiger partial charge in [-0.1, -0.05) is 49.3 Å². The first-order chi connectivity index (χ1) is 12.7. The first kappa shape index (κ1) is 19.0.